The van der Waals surface area contributed by atoms with Gasteiger partial charge in [0.15, 0.2) is 0 Å². The summed E-state index contributed by atoms with van der Waals surface area (Å²) in [5.74, 6) is 0.413. The molecule has 3 rings (SSSR count). The minimum absolute atomic E-state index is 0.0768. The summed E-state index contributed by atoms with van der Waals surface area (Å²) in [5, 5.41) is 0.912. The number of pyridine rings is 1. The standard InChI is InChI=1S/C20H25ClN6O3/c1-10-7-24-14(11(2)16(10)29-4)9-27-8-13(5-6-30-19(28)12(3)22)15-17(21)25-20(23)26-18(15)27/h7-8,12H,5-6,9,22H2,1-4H3,(H2,23,25,26)/t12-/m0/s1. The molecule has 0 spiro atoms. The zero-order chi connectivity index (χ0) is 22.0. The lowest BCUT2D eigenvalue weighted by atomic mass is 10.1. The van der Waals surface area contributed by atoms with Crippen LogP contribution in [-0.2, 0) is 22.5 Å². The van der Waals surface area contributed by atoms with Crippen LogP contribution in [0.25, 0.3) is 11.0 Å². The van der Waals surface area contributed by atoms with Gasteiger partial charge in [-0.3, -0.25) is 9.78 Å². The van der Waals surface area contributed by atoms with Crippen LogP contribution in [0.15, 0.2) is 12.4 Å². The third-order valence-electron chi connectivity index (χ3n) is 4.83. The van der Waals surface area contributed by atoms with E-state index in [1.165, 1.54) is 0 Å². The Labute approximate surface area is 179 Å². The predicted molar refractivity (Wildman–Crippen MR) is 115 cm³/mol. The Morgan fingerprint density at radius 1 is 1.33 bits per heavy atom. The number of aryl methyl sites for hydroxylation is 1. The molecule has 0 aliphatic rings. The van der Waals surface area contributed by atoms with Gasteiger partial charge in [-0.2, -0.15) is 4.98 Å². The maximum absolute atomic E-state index is 11.6. The van der Waals surface area contributed by atoms with Gasteiger partial charge in [-0.25, -0.2) is 4.98 Å². The fourth-order valence-electron chi connectivity index (χ4n) is 3.33. The molecule has 4 N–H and O–H groups in total. The first-order valence-electron chi connectivity index (χ1n) is 9.45. The first kappa shape index (κ1) is 21.8. The van der Waals surface area contributed by atoms with Crippen molar-refractivity contribution in [3.05, 3.63) is 39.9 Å². The van der Waals surface area contributed by atoms with Crippen molar-refractivity contribution >= 4 is 34.6 Å². The smallest absolute Gasteiger partial charge is 0.322 e. The number of halogens is 1. The lowest BCUT2D eigenvalue weighted by molar-refractivity contribution is -0.144. The van der Waals surface area contributed by atoms with Gasteiger partial charge in [0.05, 0.1) is 31.3 Å². The molecular formula is C20H25ClN6O3. The van der Waals surface area contributed by atoms with Crippen molar-refractivity contribution in [2.45, 2.75) is 39.8 Å². The van der Waals surface area contributed by atoms with Crippen LogP contribution in [0.3, 0.4) is 0 Å². The van der Waals surface area contributed by atoms with Crippen LogP contribution in [0.2, 0.25) is 5.15 Å². The number of carbonyl (C=O) groups is 1. The molecule has 3 aromatic heterocycles. The molecule has 0 unspecified atom stereocenters. The number of esters is 1. The summed E-state index contributed by atoms with van der Waals surface area (Å²) < 4.78 is 12.6. The number of ether oxygens (including phenoxy) is 2. The summed E-state index contributed by atoms with van der Waals surface area (Å²) in [5.41, 5.74) is 15.5. The van der Waals surface area contributed by atoms with E-state index in [0.29, 0.717) is 24.0 Å². The Bertz CT molecular complexity index is 1100. The van der Waals surface area contributed by atoms with Gasteiger partial charge in [0, 0.05) is 29.9 Å². The van der Waals surface area contributed by atoms with Crippen molar-refractivity contribution in [2.24, 2.45) is 5.73 Å². The Balaban J connectivity index is 1.98. The number of hydrogen-bond acceptors (Lipinski definition) is 8. The molecule has 160 valence electrons. The molecule has 0 saturated heterocycles. The normalized spacial score (nSPS) is 12.2. The average molecular weight is 433 g/mol. The van der Waals surface area contributed by atoms with Crippen molar-refractivity contribution < 1.29 is 14.3 Å². The third-order valence-corrected chi connectivity index (χ3v) is 5.10. The Morgan fingerprint density at radius 2 is 2.07 bits per heavy atom. The second kappa shape index (κ2) is 8.85. The fourth-order valence-corrected chi connectivity index (χ4v) is 3.62. The van der Waals surface area contributed by atoms with Crippen molar-refractivity contribution in [3.8, 4) is 5.75 Å². The molecule has 0 aliphatic carbocycles. The van der Waals surface area contributed by atoms with E-state index >= 15 is 0 Å². The maximum Gasteiger partial charge on any atom is 0.322 e. The molecule has 1 atom stereocenters. The first-order valence-corrected chi connectivity index (χ1v) is 9.82. The predicted octanol–water partition coefficient (Wildman–Crippen LogP) is 2.17. The molecule has 0 aromatic carbocycles. The van der Waals surface area contributed by atoms with E-state index in [1.54, 1.807) is 20.2 Å². The van der Waals surface area contributed by atoms with Crippen LogP contribution in [0, 0.1) is 13.8 Å². The fraction of sp³-hybridized carbons (Fsp3) is 0.400. The zero-order valence-electron chi connectivity index (χ0n) is 17.4. The quantitative estimate of drug-likeness (QED) is 0.429. The molecule has 0 aliphatic heterocycles. The van der Waals surface area contributed by atoms with Gasteiger partial charge in [-0.1, -0.05) is 11.6 Å². The van der Waals surface area contributed by atoms with E-state index < -0.39 is 12.0 Å². The van der Waals surface area contributed by atoms with Crippen molar-refractivity contribution in [1.29, 1.82) is 0 Å². The van der Waals surface area contributed by atoms with Crippen LogP contribution in [-0.4, -0.2) is 45.2 Å². The summed E-state index contributed by atoms with van der Waals surface area (Å²) in [6.07, 6.45) is 4.11. The lowest BCUT2D eigenvalue weighted by Gasteiger charge is -2.13. The molecule has 0 bridgehead atoms. The minimum atomic E-state index is -0.677. The number of methoxy groups -OCH3 is 1. The Kier molecular flexibility index (Phi) is 6.42. The van der Waals surface area contributed by atoms with E-state index in [0.717, 1.165) is 28.1 Å². The highest BCUT2D eigenvalue weighted by atomic mass is 35.5. The first-order chi connectivity index (χ1) is 14.2. The Hall–Kier alpha value is -2.91. The molecule has 0 radical (unpaired) electrons. The number of fused-ring (bicyclic) bond motifs is 1. The summed E-state index contributed by atoms with van der Waals surface area (Å²) in [6.45, 7) is 6.08. The van der Waals surface area contributed by atoms with E-state index in [9.17, 15) is 4.79 Å². The summed E-state index contributed by atoms with van der Waals surface area (Å²) in [6, 6.07) is -0.677. The molecule has 0 saturated carbocycles. The topological polar surface area (TPSA) is 131 Å². The van der Waals surface area contributed by atoms with E-state index in [-0.39, 0.29) is 17.7 Å². The molecule has 10 heteroatoms. The average Bonchev–Trinajstić information content (AvgIpc) is 3.01. The van der Waals surface area contributed by atoms with Crippen LogP contribution < -0.4 is 16.2 Å². The molecule has 0 fully saturated rings. The van der Waals surface area contributed by atoms with Crippen molar-refractivity contribution in [3.63, 3.8) is 0 Å². The molecule has 9 nitrogen and oxygen atoms in total. The van der Waals surface area contributed by atoms with E-state index in [2.05, 4.69) is 15.0 Å². The Morgan fingerprint density at radius 3 is 2.73 bits per heavy atom. The highest BCUT2D eigenvalue weighted by molar-refractivity contribution is 6.34. The number of anilines is 1. The number of nitrogens with two attached hydrogens (primary N) is 2. The van der Waals surface area contributed by atoms with Crippen molar-refractivity contribution in [2.75, 3.05) is 19.5 Å². The van der Waals surface area contributed by atoms with Gasteiger partial charge < -0.3 is 25.5 Å². The highest BCUT2D eigenvalue weighted by Gasteiger charge is 2.18. The van der Waals surface area contributed by atoms with Gasteiger partial charge in [-0.05, 0) is 26.3 Å². The number of rotatable bonds is 7. The maximum atomic E-state index is 11.6. The molecule has 3 heterocycles. The lowest BCUT2D eigenvalue weighted by Crippen LogP contribution is -2.29. The van der Waals surface area contributed by atoms with Gasteiger partial charge >= 0.3 is 5.97 Å². The third kappa shape index (κ3) is 4.31. The second-order valence-electron chi connectivity index (χ2n) is 7.11. The summed E-state index contributed by atoms with van der Waals surface area (Å²) in [4.78, 5) is 24.6. The van der Waals surface area contributed by atoms with Gasteiger partial charge in [-0.15, -0.1) is 0 Å². The number of hydrogen-bond donors (Lipinski definition) is 2. The van der Waals surface area contributed by atoms with E-state index in [1.807, 2.05) is 24.6 Å². The van der Waals surface area contributed by atoms with Crippen molar-refractivity contribution in [1.82, 2.24) is 19.5 Å². The summed E-state index contributed by atoms with van der Waals surface area (Å²) in [7, 11) is 1.64. The number of nitrogen functional groups attached to an aromatic ring is 1. The SMILES string of the molecule is COc1c(C)cnc(Cn2cc(CCOC(=O)[C@H](C)N)c3c(Cl)nc(N)nc32)c1C. The molecule has 3 aromatic rings. The number of carbonyl (C=O) groups excluding carboxylic acids is 1. The molecule has 30 heavy (non-hydrogen) atoms. The molecular weight excluding hydrogens is 408 g/mol. The highest BCUT2D eigenvalue weighted by Crippen LogP contribution is 2.30. The van der Waals surface area contributed by atoms with Crippen LogP contribution in [0.5, 0.6) is 5.75 Å². The summed E-state index contributed by atoms with van der Waals surface area (Å²) >= 11 is 6.37. The van der Waals surface area contributed by atoms with Crippen LogP contribution in [0.4, 0.5) is 5.95 Å². The molecule has 0 amide bonds. The van der Waals surface area contributed by atoms with Gasteiger partial charge in [0.1, 0.15) is 22.6 Å². The second-order valence-corrected chi connectivity index (χ2v) is 7.46. The largest absolute Gasteiger partial charge is 0.496 e. The van der Waals surface area contributed by atoms with Crippen LogP contribution >= 0.6 is 11.6 Å². The number of nitrogens with zero attached hydrogens (tertiary/aromatic N) is 4. The van der Waals surface area contributed by atoms with Crippen LogP contribution in [0.1, 0.15) is 29.3 Å². The van der Waals surface area contributed by atoms with Gasteiger partial charge in [0.2, 0.25) is 5.95 Å². The van der Waals surface area contributed by atoms with E-state index in [4.69, 9.17) is 32.5 Å². The van der Waals surface area contributed by atoms with Gasteiger partial charge in [0.25, 0.3) is 0 Å². The zero-order valence-corrected chi connectivity index (χ0v) is 18.2. The minimum Gasteiger partial charge on any atom is -0.496 e. The monoisotopic (exact) mass is 432 g/mol. The number of aromatic nitrogens is 4.